The Labute approximate surface area is 90.3 Å². The molecule has 7 heteroatoms. The predicted octanol–water partition coefficient (Wildman–Crippen LogP) is 1.08. The third kappa shape index (κ3) is 1.93. The zero-order valence-corrected chi connectivity index (χ0v) is 7.94. The molecular weight excluding hydrogens is 218 g/mol. The molecule has 0 aromatic carbocycles. The van der Waals surface area contributed by atoms with Crippen LogP contribution in [0.3, 0.4) is 0 Å². The van der Waals surface area contributed by atoms with Crippen molar-refractivity contribution in [1.29, 1.82) is 0 Å². The van der Waals surface area contributed by atoms with Gasteiger partial charge in [0.05, 0.1) is 5.56 Å². The molecule has 0 amide bonds. The Morgan fingerprint density at radius 2 is 2.06 bits per heavy atom. The number of hydrogen-bond acceptors (Lipinski definition) is 2. The smallest absolute Gasteiger partial charge is 0.238 e. The van der Waals surface area contributed by atoms with E-state index in [1.807, 2.05) is 0 Å². The molecule has 0 spiro atoms. The molecule has 0 aliphatic rings. The molecule has 80 valence electrons. The first-order valence-corrected chi connectivity index (χ1v) is 4.31. The van der Waals surface area contributed by atoms with E-state index in [0.717, 1.165) is 12.3 Å². The zero-order chi connectivity index (χ0) is 11.8. The van der Waals surface area contributed by atoms with Gasteiger partial charge in [-0.1, -0.05) is 5.46 Å². The summed E-state index contributed by atoms with van der Waals surface area (Å²) in [5.74, 6) is 0.0755. The largest absolute Gasteiger partial charge is 0.416 e. The predicted molar refractivity (Wildman–Crippen MR) is 51.7 cm³/mol. The van der Waals surface area contributed by atoms with E-state index in [1.165, 1.54) is 17.1 Å². The van der Waals surface area contributed by atoms with Gasteiger partial charge in [-0.2, -0.15) is 18.3 Å². The van der Waals surface area contributed by atoms with E-state index in [2.05, 4.69) is 10.1 Å². The molecule has 0 aliphatic heterocycles. The van der Waals surface area contributed by atoms with E-state index >= 15 is 0 Å². The number of hydrogen-bond donors (Lipinski definition) is 0. The number of rotatable bonds is 1. The second kappa shape index (κ2) is 3.66. The Kier molecular flexibility index (Phi) is 2.45. The molecule has 0 fully saturated rings. The number of alkyl halides is 3. The van der Waals surface area contributed by atoms with Gasteiger partial charge in [-0.05, 0) is 12.1 Å². The molecule has 0 N–H and O–H groups in total. The highest BCUT2D eigenvalue weighted by atomic mass is 19.4. The average Bonchev–Trinajstić information content (AvgIpc) is 2.69. The second-order valence-electron chi connectivity index (χ2n) is 3.08. The standard InChI is InChI=1S/C9H5BF3N3/c10-7-5-14-8(16-3-1-2-15-16)4-6(7)9(11,12)13/h1-5H. The molecular formula is C9H5BF3N3. The summed E-state index contributed by atoms with van der Waals surface area (Å²) < 4.78 is 38.8. The molecule has 0 atom stereocenters. The normalized spacial score (nSPS) is 11.7. The number of nitrogens with zero attached hydrogens (tertiary/aromatic N) is 3. The molecule has 0 saturated heterocycles. The van der Waals surface area contributed by atoms with E-state index < -0.39 is 17.2 Å². The molecule has 2 rings (SSSR count). The van der Waals surface area contributed by atoms with Crippen LogP contribution in [0.5, 0.6) is 0 Å². The maximum absolute atomic E-state index is 12.5. The third-order valence-electron chi connectivity index (χ3n) is 1.96. The first-order chi connectivity index (χ1) is 7.48. The lowest BCUT2D eigenvalue weighted by molar-refractivity contribution is -0.136. The zero-order valence-electron chi connectivity index (χ0n) is 7.94. The lowest BCUT2D eigenvalue weighted by Gasteiger charge is -2.11. The molecule has 2 radical (unpaired) electrons. The third-order valence-corrected chi connectivity index (χ3v) is 1.96. The fourth-order valence-electron chi connectivity index (χ4n) is 1.23. The van der Waals surface area contributed by atoms with Crippen LogP contribution in [-0.2, 0) is 6.18 Å². The van der Waals surface area contributed by atoms with Gasteiger partial charge in [-0.3, -0.25) is 0 Å². The maximum Gasteiger partial charge on any atom is 0.416 e. The molecule has 0 aliphatic carbocycles. The van der Waals surface area contributed by atoms with E-state index in [9.17, 15) is 13.2 Å². The minimum atomic E-state index is -4.49. The van der Waals surface area contributed by atoms with E-state index in [0.29, 0.717) is 0 Å². The van der Waals surface area contributed by atoms with Crippen LogP contribution in [0.15, 0.2) is 30.7 Å². The van der Waals surface area contributed by atoms with Crippen LogP contribution in [0.1, 0.15) is 5.56 Å². The van der Waals surface area contributed by atoms with Gasteiger partial charge in [-0.25, -0.2) is 9.67 Å². The first kappa shape index (κ1) is 10.7. The monoisotopic (exact) mass is 223 g/mol. The van der Waals surface area contributed by atoms with Crippen molar-refractivity contribution in [1.82, 2.24) is 14.8 Å². The van der Waals surface area contributed by atoms with Crippen molar-refractivity contribution in [2.45, 2.75) is 6.18 Å². The molecule has 0 bridgehead atoms. The summed E-state index contributed by atoms with van der Waals surface area (Å²) in [5.41, 5.74) is -1.31. The second-order valence-corrected chi connectivity index (χ2v) is 3.08. The van der Waals surface area contributed by atoms with Crippen LogP contribution >= 0.6 is 0 Å². The van der Waals surface area contributed by atoms with Crippen molar-refractivity contribution in [3.05, 3.63) is 36.3 Å². The summed E-state index contributed by atoms with van der Waals surface area (Å²) >= 11 is 0. The van der Waals surface area contributed by atoms with Crippen molar-refractivity contribution < 1.29 is 13.2 Å². The van der Waals surface area contributed by atoms with Crippen molar-refractivity contribution >= 4 is 13.3 Å². The van der Waals surface area contributed by atoms with Gasteiger partial charge in [0, 0.05) is 18.6 Å². The van der Waals surface area contributed by atoms with Crippen LogP contribution in [0, 0.1) is 0 Å². The number of pyridine rings is 1. The molecule has 2 aromatic heterocycles. The Bertz CT molecular complexity index is 493. The van der Waals surface area contributed by atoms with Gasteiger partial charge >= 0.3 is 6.18 Å². The lowest BCUT2D eigenvalue weighted by Crippen LogP contribution is -2.21. The summed E-state index contributed by atoms with van der Waals surface area (Å²) in [7, 11) is 5.22. The fraction of sp³-hybridized carbons (Fsp3) is 0.111. The first-order valence-electron chi connectivity index (χ1n) is 4.31. The van der Waals surface area contributed by atoms with Gasteiger partial charge in [0.1, 0.15) is 7.85 Å². The van der Waals surface area contributed by atoms with Gasteiger partial charge < -0.3 is 0 Å². The van der Waals surface area contributed by atoms with Gasteiger partial charge in [0.2, 0.25) is 0 Å². The molecule has 2 heterocycles. The Hall–Kier alpha value is -1.79. The quantitative estimate of drug-likeness (QED) is 0.677. The van der Waals surface area contributed by atoms with E-state index in [4.69, 9.17) is 7.85 Å². The van der Waals surface area contributed by atoms with Gasteiger partial charge in [0.15, 0.2) is 5.82 Å². The molecule has 0 saturated carbocycles. The van der Waals surface area contributed by atoms with Crippen molar-refractivity contribution in [3.63, 3.8) is 0 Å². The molecule has 3 nitrogen and oxygen atoms in total. The minimum Gasteiger partial charge on any atom is -0.238 e. The average molecular weight is 223 g/mol. The number of aromatic nitrogens is 3. The topological polar surface area (TPSA) is 30.7 Å². The fourth-order valence-corrected chi connectivity index (χ4v) is 1.23. The SMILES string of the molecule is [B]c1cnc(-n2cccn2)cc1C(F)(F)F. The van der Waals surface area contributed by atoms with Crippen molar-refractivity contribution in [3.8, 4) is 5.82 Å². The summed E-state index contributed by atoms with van der Waals surface area (Å²) in [6, 6.07) is 2.45. The van der Waals surface area contributed by atoms with Gasteiger partial charge in [0.25, 0.3) is 0 Å². The van der Waals surface area contributed by atoms with Crippen LogP contribution in [0.2, 0.25) is 0 Å². The summed E-state index contributed by atoms with van der Waals surface area (Å²) in [4.78, 5) is 3.77. The van der Waals surface area contributed by atoms with Crippen LogP contribution in [0.25, 0.3) is 5.82 Å². The van der Waals surface area contributed by atoms with Crippen LogP contribution in [0.4, 0.5) is 13.2 Å². The Morgan fingerprint density at radius 1 is 1.31 bits per heavy atom. The van der Waals surface area contributed by atoms with Crippen molar-refractivity contribution in [2.24, 2.45) is 0 Å². The molecule has 0 unspecified atom stereocenters. The molecule has 2 aromatic rings. The number of halogens is 3. The highest BCUT2D eigenvalue weighted by molar-refractivity contribution is 6.33. The summed E-state index contributed by atoms with van der Waals surface area (Å²) in [6.07, 6.45) is -0.571. The van der Waals surface area contributed by atoms with Gasteiger partial charge in [-0.15, -0.1) is 0 Å². The highest BCUT2D eigenvalue weighted by Crippen LogP contribution is 2.28. The highest BCUT2D eigenvalue weighted by Gasteiger charge is 2.32. The maximum atomic E-state index is 12.5. The van der Waals surface area contributed by atoms with Crippen LogP contribution in [-0.4, -0.2) is 22.6 Å². The minimum absolute atomic E-state index is 0.0755. The van der Waals surface area contributed by atoms with Crippen LogP contribution < -0.4 is 5.46 Å². The Morgan fingerprint density at radius 3 is 2.62 bits per heavy atom. The van der Waals surface area contributed by atoms with Crippen molar-refractivity contribution in [2.75, 3.05) is 0 Å². The summed E-state index contributed by atoms with van der Waals surface area (Å²) in [6.45, 7) is 0. The Balaban J connectivity index is 2.52. The summed E-state index contributed by atoms with van der Waals surface area (Å²) in [5, 5.41) is 3.79. The van der Waals surface area contributed by atoms with E-state index in [-0.39, 0.29) is 5.82 Å². The molecule has 16 heavy (non-hydrogen) atoms. The van der Waals surface area contributed by atoms with E-state index in [1.54, 1.807) is 6.07 Å². The lowest BCUT2D eigenvalue weighted by atomic mass is 9.92.